The minimum Gasteiger partial charge on any atom is -0.469 e. The zero-order valence-corrected chi connectivity index (χ0v) is 17.9. The van der Waals surface area contributed by atoms with E-state index in [1.165, 1.54) is 19.3 Å². The van der Waals surface area contributed by atoms with Gasteiger partial charge in [0.25, 0.3) is 0 Å². The SMILES string of the molecule is CC/C=C\C/C=C\C[C@@]1(O)C=C(Br)C(=O)/C1=C\[C@H](O)[C@H](O)CCCC(=O)OC. The third-order valence-corrected chi connectivity index (χ3v) is 4.99. The summed E-state index contributed by atoms with van der Waals surface area (Å²) >= 11 is 3.14. The molecule has 0 heterocycles. The number of rotatable bonds is 11. The average Bonchev–Trinajstić information content (AvgIpc) is 2.87. The highest BCUT2D eigenvalue weighted by Crippen LogP contribution is 2.37. The van der Waals surface area contributed by atoms with E-state index in [-0.39, 0.29) is 29.3 Å². The number of hydrogen-bond donors (Lipinski definition) is 3. The molecule has 0 aromatic heterocycles. The van der Waals surface area contributed by atoms with Crippen LogP contribution in [0, 0.1) is 0 Å². The normalized spacial score (nSPS) is 23.6. The maximum absolute atomic E-state index is 12.4. The fourth-order valence-corrected chi connectivity index (χ4v) is 3.37. The van der Waals surface area contributed by atoms with Crippen LogP contribution in [0.15, 0.2) is 46.5 Å². The predicted octanol–water partition coefficient (Wildman–Crippen LogP) is 2.87. The Hall–Kier alpha value is -1.54. The maximum atomic E-state index is 12.4. The lowest BCUT2D eigenvalue weighted by Crippen LogP contribution is -2.31. The van der Waals surface area contributed by atoms with Gasteiger partial charge >= 0.3 is 5.97 Å². The van der Waals surface area contributed by atoms with E-state index in [1.807, 2.05) is 25.2 Å². The van der Waals surface area contributed by atoms with E-state index in [9.17, 15) is 24.9 Å². The number of hydrogen-bond acceptors (Lipinski definition) is 6. The van der Waals surface area contributed by atoms with Gasteiger partial charge in [0.2, 0.25) is 0 Å². The first kappa shape index (κ1) is 24.5. The molecular weight excluding hydrogens is 428 g/mol. The molecule has 7 heteroatoms. The van der Waals surface area contributed by atoms with E-state index in [2.05, 4.69) is 20.7 Å². The second kappa shape index (κ2) is 12.1. The number of carbonyl (C=O) groups excluding carboxylic acids is 2. The molecule has 1 rings (SSSR count). The molecule has 156 valence electrons. The lowest BCUT2D eigenvalue weighted by molar-refractivity contribution is -0.140. The number of ketones is 1. The van der Waals surface area contributed by atoms with Crippen molar-refractivity contribution in [2.45, 2.75) is 63.3 Å². The van der Waals surface area contributed by atoms with Gasteiger partial charge in [0.15, 0.2) is 5.78 Å². The topological polar surface area (TPSA) is 104 Å². The molecule has 6 nitrogen and oxygen atoms in total. The summed E-state index contributed by atoms with van der Waals surface area (Å²) in [6.07, 6.45) is 10.3. The van der Waals surface area contributed by atoms with Gasteiger partial charge in [0, 0.05) is 18.4 Å². The lowest BCUT2D eigenvalue weighted by atomic mass is 9.90. The molecule has 0 aromatic carbocycles. The van der Waals surface area contributed by atoms with E-state index in [1.54, 1.807) is 6.08 Å². The van der Waals surface area contributed by atoms with Crippen molar-refractivity contribution in [3.63, 3.8) is 0 Å². The first-order valence-electron chi connectivity index (χ1n) is 9.35. The molecule has 0 aliphatic heterocycles. The summed E-state index contributed by atoms with van der Waals surface area (Å²) in [7, 11) is 1.28. The molecule has 0 aromatic rings. The Labute approximate surface area is 174 Å². The minimum atomic E-state index is -1.55. The van der Waals surface area contributed by atoms with Crippen LogP contribution < -0.4 is 0 Å². The number of halogens is 1. The van der Waals surface area contributed by atoms with Gasteiger partial charge in [-0.2, -0.15) is 0 Å². The number of esters is 1. The smallest absolute Gasteiger partial charge is 0.305 e. The summed E-state index contributed by atoms with van der Waals surface area (Å²) in [5.41, 5.74) is -1.53. The molecule has 3 N–H and O–H groups in total. The van der Waals surface area contributed by atoms with Crippen molar-refractivity contribution in [2.24, 2.45) is 0 Å². The number of allylic oxidation sites excluding steroid dienone is 4. The summed E-state index contributed by atoms with van der Waals surface area (Å²) in [5, 5.41) is 31.2. The van der Waals surface area contributed by atoms with Crippen molar-refractivity contribution in [1.29, 1.82) is 0 Å². The van der Waals surface area contributed by atoms with Crippen molar-refractivity contribution in [2.75, 3.05) is 7.11 Å². The second-order valence-corrected chi connectivity index (χ2v) is 7.50. The molecule has 0 saturated heterocycles. The van der Waals surface area contributed by atoms with Crippen molar-refractivity contribution in [1.82, 2.24) is 0 Å². The second-order valence-electron chi connectivity index (χ2n) is 6.64. The average molecular weight is 457 g/mol. The molecule has 0 radical (unpaired) electrons. The van der Waals surface area contributed by atoms with Gasteiger partial charge in [-0.3, -0.25) is 9.59 Å². The highest BCUT2D eigenvalue weighted by atomic mass is 79.9. The summed E-state index contributed by atoms with van der Waals surface area (Å²) < 4.78 is 4.74. The Morgan fingerprint density at radius 1 is 1.29 bits per heavy atom. The van der Waals surface area contributed by atoms with Crippen LogP contribution in [-0.4, -0.2) is 52.0 Å². The quantitative estimate of drug-likeness (QED) is 0.251. The van der Waals surface area contributed by atoms with Crippen LogP contribution >= 0.6 is 15.9 Å². The van der Waals surface area contributed by atoms with E-state index in [0.717, 1.165) is 12.8 Å². The first-order valence-corrected chi connectivity index (χ1v) is 10.1. The number of methoxy groups -OCH3 is 1. The number of ether oxygens (including phenoxy) is 1. The Morgan fingerprint density at radius 2 is 1.96 bits per heavy atom. The molecule has 1 aliphatic rings. The zero-order chi connectivity index (χ0) is 21.2. The van der Waals surface area contributed by atoms with Crippen LogP contribution in [0.4, 0.5) is 0 Å². The molecule has 0 unspecified atom stereocenters. The van der Waals surface area contributed by atoms with Crippen molar-refractivity contribution in [3.05, 3.63) is 46.5 Å². The molecular formula is C21H29BrO6. The fourth-order valence-electron chi connectivity index (χ4n) is 2.78. The van der Waals surface area contributed by atoms with Gasteiger partial charge in [-0.05, 0) is 53.8 Å². The molecule has 0 saturated carbocycles. The Morgan fingerprint density at radius 3 is 2.61 bits per heavy atom. The number of aliphatic hydroxyl groups is 3. The molecule has 1 aliphatic carbocycles. The third-order valence-electron chi connectivity index (χ3n) is 4.40. The first-order chi connectivity index (χ1) is 13.2. The van der Waals surface area contributed by atoms with Crippen LogP contribution in [0.2, 0.25) is 0 Å². The Balaban J connectivity index is 2.78. The molecule has 0 spiro atoms. The van der Waals surface area contributed by atoms with E-state index in [0.29, 0.717) is 6.42 Å². The summed E-state index contributed by atoms with van der Waals surface area (Å²) in [4.78, 5) is 23.5. The predicted molar refractivity (Wildman–Crippen MR) is 111 cm³/mol. The summed E-state index contributed by atoms with van der Waals surface area (Å²) in [6.45, 7) is 2.04. The third kappa shape index (κ3) is 7.47. The van der Waals surface area contributed by atoms with Crippen molar-refractivity contribution < 1.29 is 29.6 Å². The molecule has 0 fully saturated rings. The van der Waals surface area contributed by atoms with Crippen LogP contribution in [0.1, 0.15) is 45.4 Å². The Bertz CT molecular complexity index is 664. The summed E-state index contributed by atoms with van der Waals surface area (Å²) in [6, 6.07) is 0. The largest absolute Gasteiger partial charge is 0.469 e. The van der Waals surface area contributed by atoms with Gasteiger partial charge in [-0.15, -0.1) is 0 Å². The highest BCUT2D eigenvalue weighted by molar-refractivity contribution is 9.12. The van der Waals surface area contributed by atoms with Crippen molar-refractivity contribution >= 4 is 27.7 Å². The highest BCUT2D eigenvalue weighted by Gasteiger charge is 2.41. The van der Waals surface area contributed by atoms with Gasteiger partial charge in [0.05, 0.1) is 23.8 Å². The van der Waals surface area contributed by atoms with Gasteiger partial charge in [0.1, 0.15) is 5.60 Å². The van der Waals surface area contributed by atoms with Gasteiger partial charge < -0.3 is 20.1 Å². The number of carbonyl (C=O) groups is 2. The summed E-state index contributed by atoms with van der Waals surface area (Å²) in [5.74, 6) is -0.823. The number of aliphatic hydroxyl groups excluding tert-OH is 2. The number of Topliss-reactive ketones (excluding diaryl/α,β-unsaturated/α-hetero) is 1. The van der Waals surface area contributed by atoms with Gasteiger partial charge in [-0.25, -0.2) is 0 Å². The Kier molecular flexibility index (Phi) is 10.6. The molecule has 3 atom stereocenters. The molecule has 28 heavy (non-hydrogen) atoms. The van der Waals surface area contributed by atoms with Gasteiger partial charge in [-0.1, -0.05) is 31.2 Å². The van der Waals surface area contributed by atoms with Crippen LogP contribution in [0.5, 0.6) is 0 Å². The molecule has 0 bridgehead atoms. The van der Waals surface area contributed by atoms with Crippen molar-refractivity contribution in [3.8, 4) is 0 Å². The monoisotopic (exact) mass is 456 g/mol. The standard InChI is InChI=1S/C21H29BrO6/c1-3-4-5-6-7-8-12-21(27)14-16(22)20(26)15(21)13-18(24)17(23)10-9-11-19(25)28-2/h4-5,7-8,13-14,17-18,23-24,27H,3,6,9-12H2,1-2H3/b5-4-,8-7-,15-13+/t17-,18+,21-/m1/s1. The van der Waals surface area contributed by atoms with E-state index >= 15 is 0 Å². The van der Waals surface area contributed by atoms with E-state index < -0.39 is 29.6 Å². The fraction of sp³-hybridized carbons (Fsp3) is 0.524. The van der Waals surface area contributed by atoms with Crippen LogP contribution in [-0.2, 0) is 14.3 Å². The minimum absolute atomic E-state index is 0.0210. The van der Waals surface area contributed by atoms with Crippen LogP contribution in [0.25, 0.3) is 0 Å². The zero-order valence-electron chi connectivity index (χ0n) is 16.3. The van der Waals surface area contributed by atoms with E-state index in [4.69, 9.17) is 0 Å². The molecule has 0 amide bonds. The maximum Gasteiger partial charge on any atom is 0.305 e. The lowest BCUT2D eigenvalue weighted by Gasteiger charge is -2.23. The van der Waals surface area contributed by atoms with Crippen LogP contribution in [0.3, 0.4) is 0 Å².